The van der Waals surface area contributed by atoms with Crippen molar-refractivity contribution in [1.29, 1.82) is 0 Å². The number of aryl methyl sites for hydroxylation is 2. The third-order valence-corrected chi connectivity index (χ3v) is 5.32. The van der Waals surface area contributed by atoms with Crippen molar-refractivity contribution in [3.63, 3.8) is 0 Å². The van der Waals surface area contributed by atoms with Crippen LogP contribution in [-0.2, 0) is 12.8 Å². The minimum absolute atomic E-state index is 0.116. The van der Waals surface area contributed by atoms with Gasteiger partial charge < -0.3 is 9.40 Å². The summed E-state index contributed by atoms with van der Waals surface area (Å²) < 4.78 is 5.64. The lowest BCUT2D eigenvalue weighted by Crippen LogP contribution is -2.12. The molecule has 1 N–H and O–H groups in total. The van der Waals surface area contributed by atoms with Crippen molar-refractivity contribution < 1.29 is 4.42 Å². The molecule has 4 rings (SSSR count). The number of para-hydroxylation sites is 1. The van der Waals surface area contributed by atoms with E-state index in [0.29, 0.717) is 46.4 Å². The highest BCUT2D eigenvalue weighted by Crippen LogP contribution is 2.19. The fourth-order valence-electron chi connectivity index (χ4n) is 2.50. The first-order valence-corrected chi connectivity index (χ1v) is 9.88. The van der Waals surface area contributed by atoms with E-state index in [2.05, 4.69) is 25.1 Å². The number of hydrogen-bond acceptors (Lipinski definition) is 8. The van der Waals surface area contributed by atoms with E-state index in [1.807, 2.05) is 30.5 Å². The van der Waals surface area contributed by atoms with Gasteiger partial charge in [0, 0.05) is 17.6 Å². The van der Waals surface area contributed by atoms with Crippen molar-refractivity contribution in [3.8, 4) is 0 Å². The zero-order chi connectivity index (χ0) is 17.9. The van der Waals surface area contributed by atoms with E-state index in [4.69, 9.17) is 4.42 Å². The molecule has 0 radical (unpaired) electrons. The Morgan fingerprint density at radius 2 is 2.12 bits per heavy atom. The van der Waals surface area contributed by atoms with Crippen molar-refractivity contribution in [2.75, 3.05) is 5.75 Å². The second kappa shape index (κ2) is 7.38. The molecule has 132 valence electrons. The highest BCUT2D eigenvalue weighted by molar-refractivity contribution is 7.99. The van der Waals surface area contributed by atoms with Crippen LogP contribution in [-0.4, -0.2) is 30.9 Å². The molecule has 0 aliphatic carbocycles. The lowest BCUT2D eigenvalue weighted by molar-refractivity contribution is 0.419. The van der Waals surface area contributed by atoms with E-state index in [0.717, 1.165) is 10.7 Å². The Morgan fingerprint density at radius 3 is 2.96 bits per heavy atom. The van der Waals surface area contributed by atoms with Gasteiger partial charge in [-0.1, -0.05) is 23.9 Å². The Kier molecular flexibility index (Phi) is 4.81. The van der Waals surface area contributed by atoms with Crippen molar-refractivity contribution in [3.05, 3.63) is 62.4 Å². The largest absolute Gasteiger partial charge is 0.416 e. The van der Waals surface area contributed by atoms with E-state index in [9.17, 15) is 4.79 Å². The highest BCUT2D eigenvalue weighted by Gasteiger charge is 2.10. The topological polar surface area (TPSA) is 97.6 Å². The average Bonchev–Trinajstić information content (AvgIpc) is 3.24. The van der Waals surface area contributed by atoms with E-state index in [-0.39, 0.29) is 5.56 Å². The number of nitrogens with zero attached hydrogens (tertiary/aromatic N) is 4. The zero-order valence-electron chi connectivity index (χ0n) is 13.9. The molecule has 0 aliphatic heterocycles. The van der Waals surface area contributed by atoms with Crippen LogP contribution in [0.15, 0.2) is 44.1 Å². The molecule has 26 heavy (non-hydrogen) atoms. The second-order valence-corrected chi connectivity index (χ2v) is 7.73. The Labute approximate surface area is 156 Å². The van der Waals surface area contributed by atoms with Gasteiger partial charge in [0.05, 0.1) is 28.0 Å². The summed E-state index contributed by atoms with van der Waals surface area (Å²) in [6.07, 6.45) is 1.14. The van der Waals surface area contributed by atoms with Crippen LogP contribution in [0.1, 0.15) is 22.4 Å². The molecule has 9 heteroatoms. The van der Waals surface area contributed by atoms with Gasteiger partial charge in [-0.3, -0.25) is 4.79 Å². The standard InChI is InChI=1S/C17H15N5O2S2/c1-10-18-11(9-26-10)8-15-21-22-17(24-15)25-7-6-14-19-13-5-3-2-4-12(13)16(23)20-14/h2-5,9H,6-8H2,1H3,(H,19,20,23). The van der Waals surface area contributed by atoms with Gasteiger partial charge in [-0.15, -0.1) is 21.5 Å². The predicted molar refractivity (Wildman–Crippen MR) is 101 cm³/mol. The van der Waals surface area contributed by atoms with Gasteiger partial charge in [-0.25, -0.2) is 9.97 Å². The first-order valence-electron chi connectivity index (χ1n) is 8.01. The molecule has 0 unspecified atom stereocenters. The average molecular weight is 385 g/mol. The Balaban J connectivity index is 1.37. The van der Waals surface area contributed by atoms with Gasteiger partial charge in [-0.05, 0) is 19.1 Å². The molecular weight excluding hydrogens is 370 g/mol. The summed E-state index contributed by atoms with van der Waals surface area (Å²) in [5, 5.41) is 12.2. The SMILES string of the molecule is Cc1nc(Cc2nnc(SCCc3nc4ccccc4c(=O)[nH]3)o2)cs1. The first-order chi connectivity index (χ1) is 12.7. The lowest BCUT2D eigenvalue weighted by atomic mass is 10.2. The Bertz CT molecular complexity index is 1100. The number of benzene rings is 1. The summed E-state index contributed by atoms with van der Waals surface area (Å²) in [6, 6.07) is 7.31. The van der Waals surface area contributed by atoms with Crippen LogP contribution in [0.5, 0.6) is 0 Å². The van der Waals surface area contributed by atoms with E-state index >= 15 is 0 Å². The maximum Gasteiger partial charge on any atom is 0.276 e. The third kappa shape index (κ3) is 3.83. The molecule has 0 saturated carbocycles. The first kappa shape index (κ1) is 16.9. The summed E-state index contributed by atoms with van der Waals surface area (Å²) in [5.74, 6) is 1.88. The number of thioether (sulfide) groups is 1. The molecule has 0 saturated heterocycles. The van der Waals surface area contributed by atoms with Crippen molar-refractivity contribution in [1.82, 2.24) is 25.1 Å². The second-order valence-electron chi connectivity index (χ2n) is 5.62. The lowest BCUT2D eigenvalue weighted by Gasteiger charge is -2.01. The van der Waals surface area contributed by atoms with Gasteiger partial charge >= 0.3 is 0 Å². The minimum Gasteiger partial charge on any atom is -0.416 e. The van der Waals surface area contributed by atoms with Gasteiger partial charge in [0.1, 0.15) is 5.82 Å². The monoisotopic (exact) mass is 385 g/mol. The van der Waals surface area contributed by atoms with Crippen molar-refractivity contribution in [2.45, 2.75) is 25.0 Å². The Hall–Kier alpha value is -2.52. The van der Waals surface area contributed by atoms with Crippen LogP contribution < -0.4 is 5.56 Å². The summed E-state index contributed by atoms with van der Waals surface area (Å²) in [4.78, 5) is 23.8. The zero-order valence-corrected chi connectivity index (χ0v) is 15.6. The van der Waals surface area contributed by atoms with Crippen LogP contribution in [0.4, 0.5) is 0 Å². The maximum absolute atomic E-state index is 12.1. The highest BCUT2D eigenvalue weighted by atomic mass is 32.2. The number of nitrogens with one attached hydrogen (secondary N) is 1. The maximum atomic E-state index is 12.1. The number of H-pyrrole nitrogens is 1. The van der Waals surface area contributed by atoms with Crippen LogP contribution in [0, 0.1) is 6.92 Å². The van der Waals surface area contributed by atoms with Crippen molar-refractivity contribution in [2.24, 2.45) is 0 Å². The molecular formula is C17H15N5O2S2. The molecule has 0 atom stereocenters. The minimum atomic E-state index is -0.116. The summed E-state index contributed by atoms with van der Waals surface area (Å²) in [7, 11) is 0. The van der Waals surface area contributed by atoms with Gasteiger partial charge in [0.25, 0.3) is 10.8 Å². The molecule has 3 aromatic heterocycles. The van der Waals surface area contributed by atoms with Gasteiger partial charge in [0.2, 0.25) is 5.89 Å². The molecule has 0 fully saturated rings. The number of rotatable bonds is 6. The third-order valence-electron chi connectivity index (χ3n) is 3.67. The summed E-state index contributed by atoms with van der Waals surface area (Å²) >= 11 is 3.04. The molecule has 0 bridgehead atoms. The van der Waals surface area contributed by atoms with Crippen LogP contribution in [0.3, 0.4) is 0 Å². The molecule has 0 spiro atoms. The molecule has 0 amide bonds. The fourth-order valence-corrected chi connectivity index (χ4v) is 3.84. The van der Waals surface area contributed by atoms with Crippen molar-refractivity contribution >= 4 is 34.0 Å². The predicted octanol–water partition coefficient (Wildman–Crippen LogP) is 3.00. The number of fused-ring (bicyclic) bond motifs is 1. The summed E-state index contributed by atoms with van der Waals surface area (Å²) in [6.45, 7) is 1.97. The van der Waals surface area contributed by atoms with Crippen LogP contribution in [0.25, 0.3) is 10.9 Å². The van der Waals surface area contributed by atoms with E-state index in [1.54, 1.807) is 17.4 Å². The summed E-state index contributed by atoms with van der Waals surface area (Å²) in [5.41, 5.74) is 1.52. The number of thiazole rings is 1. The number of aromatic nitrogens is 5. The van der Waals surface area contributed by atoms with Crippen LogP contribution in [0.2, 0.25) is 0 Å². The Morgan fingerprint density at radius 1 is 1.23 bits per heavy atom. The van der Waals surface area contributed by atoms with Crippen LogP contribution >= 0.6 is 23.1 Å². The molecule has 3 heterocycles. The fraction of sp³-hybridized carbons (Fsp3) is 0.235. The molecule has 4 aromatic rings. The molecule has 1 aromatic carbocycles. The quantitative estimate of drug-likeness (QED) is 0.510. The van der Waals surface area contributed by atoms with E-state index in [1.165, 1.54) is 11.8 Å². The molecule has 7 nitrogen and oxygen atoms in total. The number of hydrogen-bond donors (Lipinski definition) is 1. The molecule has 0 aliphatic rings. The van der Waals surface area contributed by atoms with Gasteiger partial charge in [0.15, 0.2) is 0 Å². The normalized spacial score (nSPS) is 11.3. The number of aromatic amines is 1. The van der Waals surface area contributed by atoms with E-state index < -0.39 is 0 Å². The smallest absolute Gasteiger partial charge is 0.276 e. The van der Waals surface area contributed by atoms with Gasteiger partial charge in [-0.2, -0.15) is 0 Å².